The third-order valence-corrected chi connectivity index (χ3v) is 2.27. The minimum absolute atomic E-state index is 0.551. The Kier molecular flexibility index (Phi) is 2.52. The maximum Gasteiger partial charge on any atom is 0.134 e. The molecule has 3 nitrogen and oxygen atoms in total. The van der Waals surface area contributed by atoms with Crippen LogP contribution >= 0.6 is 0 Å². The molecule has 0 spiro atoms. The van der Waals surface area contributed by atoms with Crippen LogP contribution in [0.2, 0.25) is 0 Å². The van der Waals surface area contributed by atoms with Gasteiger partial charge in [-0.2, -0.15) is 0 Å². The number of rotatable bonds is 3. The molecular formula is C11H14N2O. The Morgan fingerprint density at radius 3 is 3.00 bits per heavy atom. The molecule has 0 aliphatic heterocycles. The van der Waals surface area contributed by atoms with Gasteiger partial charge in [-0.15, -0.1) is 0 Å². The van der Waals surface area contributed by atoms with Crippen LogP contribution in [0.4, 0.5) is 0 Å². The number of furan rings is 1. The van der Waals surface area contributed by atoms with Gasteiger partial charge in [-0.3, -0.25) is 0 Å². The lowest BCUT2D eigenvalue weighted by molar-refractivity contribution is 0.531. The Hall–Kier alpha value is -1.32. The molecule has 0 aliphatic rings. The molecule has 74 valence electrons. The summed E-state index contributed by atoms with van der Waals surface area (Å²) in [6.45, 7) is 1.30. The van der Waals surface area contributed by atoms with E-state index in [-0.39, 0.29) is 0 Å². The van der Waals surface area contributed by atoms with E-state index in [0.717, 1.165) is 28.8 Å². The molecule has 14 heavy (non-hydrogen) atoms. The van der Waals surface area contributed by atoms with Gasteiger partial charge in [-0.05, 0) is 24.7 Å². The van der Waals surface area contributed by atoms with Crippen molar-refractivity contribution < 1.29 is 4.42 Å². The van der Waals surface area contributed by atoms with E-state index >= 15 is 0 Å². The number of fused-ring (bicyclic) bond motifs is 1. The molecule has 0 atom stereocenters. The first-order valence-corrected chi connectivity index (χ1v) is 4.70. The van der Waals surface area contributed by atoms with E-state index in [0.29, 0.717) is 6.54 Å². The van der Waals surface area contributed by atoms with Gasteiger partial charge in [-0.1, -0.05) is 12.1 Å². The first-order chi connectivity index (χ1) is 6.85. The third-order valence-electron chi connectivity index (χ3n) is 2.27. The van der Waals surface area contributed by atoms with Crippen LogP contribution in [0.5, 0.6) is 0 Å². The fourth-order valence-electron chi connectivity index (χ4n) is 1.61. The number of benzene rings is 1. The maximum atomic E-state index is 5.64. The molecule has 0 amide bonds. The molecule has 0 fully saturated rings. The zero-order valence-corrected chi connectivity index (χ0v) is 8.21. The molecule has 0 aliphatic carbocycles. The van der Waals surface area contributed by atoms with Gasteiger partial charge in [0.1, 0.15) is 11.3 Å². The largest absolute Gasteiger partial charge is 0.460 e. The van der Waals surface area contributed by atoms with Crippen LogP contribution < -0.4 is 11.1 Å². The molecule has 1 heterocycles. The first kappa shape index (κ1) is 9.24. The quantitative estimate of drug-likeness (QED) is 0.773. The van der Waals surface area contributed by atoms with Crippen LogP contribution in [0.15, 0.2) is 28.7 Å². The molecule has 1 aromatic carbocycles. The van der Waals surface area contributed by atoms with Gasteiger partial charge in [0, 0.05) is 11.9 Å². The molecule has 0 saturated heterocycles. The summed E-state index contributed by atoms with van der Waals surface area (Å²) in [4.78, 5) is 0. The summed E-state index contributed by atoms with van der Waals surface area (Å²) in [6.07, 6.45) is 0. The second-order valence-corrected chi connectivity index (χ2v) is 3.28. The summed E-state index contributed by atoms with van der Waals surface area (Å²) in [5.41, 5.74) is 7.69. The molecule has 0 bridgehead atoms. The Morgan fingerprint density at radius 2 is 2.29 bits per heavy atom. The zero-order chi connectivity index (χ0) is 9.97. The molecule has 1 aromatic heterocycles. The van der Waals surface area contributed by atoms with Crippen LogP contribution in [0.3, 0.4) is 0 Å². The molecule has 0 radical (unpaired) electrons. The summed E-state index contributed by atoms with van der Waals surface area (Å²) in [5, 5.41) is 4.18. The van der Waals surface area contributed by atoms with Gasteiger partial charge in [0.15, 0.2) is 0 Å². The Bertz CT molecular complexity index is 434. The number of hydrogen-bond acceptors (Lipinski definition) is 3. The van der Waals surface area contributed by atoms with Crippen LogP contribution in [-0.4, -0.2) is 7.05 Å². The van der Waals surface area contributed by atoms with Gasteiger partial charge < -0.3 is 15.5 Å². The topological polar surface area (TPSA) is 51.2 Å². The molecular weight excluding hydrogens is 176 g/mol. The molecule has 2 rings (SSSR count). The monoisotopic (exact) mass is 190 g/mol. The van der Waals surface area contributed by atoms with Crippen molar-refractivity contribution in [1.29, 1.82) is 0 Å². The van der Waals surface area contributed by atoms with E-state index in [1.54, 1.807) is 0 Å². The number of nitrogens with two attached hydrogens (primary N) is 1. The maximum absolute atomic E-state index is 5.64. The Morgan fingerprint density at radius 1 is 1.43 bits per heavy atom. The smallest absolute Gasteiger partial charge is 0.134 e. The SMILES string of the molecule is CNCc1cc2c(CN)cccc2o1. The fourth-order valence-corrected chi connectivity index (χ4v) is 1.61. The third kappa shape index (κ3) is 1.52. The standard InChI is InChI=1S/C11H14N2O/c1-13-7-9-5-10-8(6-12)3-2-4-11(10)14-9/h2-5,13H,6-7,12H2,1H3. The molecule has 3 heteroatoms. The van der Waals surface area contributed by atoms with E-state index in [1.807, 2.05) is 31.3 Å². The van der Waals surface area contributed by atoms with Gasteiger partial charge >= 0.3 is 0 Å². The summed E-state index contributed by atoms with van der Waals surface area (Å²) in [7, 11) is 1.90. The van der Waals surface area contributed by atoms with Gasteiger partial charge in [0.2, 0.25) is 0 Å². The highest BCUT2D eigenvalue weighted by molar-refractivity contribution is 5.81. The average Bonchev–Trinajstić information content (AvgIpc) is 2.60. The van der Waals surface area contributed by atoms with E-state index < -0.39 is 0 Å². The predicted molar refractivity (Wildman–Crippen MR) is 56.9 cm³/mol. The van der Waals surface area contributed by atoms with Crippen molar-refractivity contribution in [1.82, 2.24) is 5.32 Å². The molecule has 3 N–H and O–H groups in total. The lowest BCUT2D eigenvalue weighted by atomic mass is 10.1. The Balaban J connectivity index is 2.52. The normalized spacial score (nSPS) is 11.0. The minimum Gasteiger partial charge on any atom is -0.460 e. The van der Waals surface area contributed by atoms with Crippen LogP contribution in [0.1, 0.15) is 11.3 Å². The van der Waals surface area contributed by atoms with Gasteiger partial charge in [-0.25, -0.2) is 0 Å². The highest BCUT2D eigenvalue weighted by Crippen LogP contribution is 2.22. The number of hydrogen-bond donors (Lipinski definition) is 2. The van der Waals surface area contributed by atoms with E-state index in [9.17, 15) is 0 Å². The van der Waals surface area contributed by atoms with E-state index in [2.05, 4.69) is 5.32 Å². The van der Waals surface area contributed by atoms with Crippen molar-refractivity contribution in [3.63, 3.8) is 0 Å². The van der Waals surface area contributed by atoms with Crippen LogP contribution in [0.25, 0.3) is 11.0 Å². The number of nitrogens with one attached hydrogen (secondary N) is 1. The van der Waals surface area contributed by atoms with Gasteiger partial charge in [0.25, 0.3) is 0 Å². The predicted octanol–water partition coefficient (Wildman–Crippen LogP) is 1.61. The highest BCUT2D eigenvalue weighted by atomic mass is 16.3. The van der Waals surface area contributed by atoms with E-state index in [1.165, 1.54) is 0 Å². The van der Waals surface area contributed by atoms with Crippen molar-refractivity contribution in [3.05, 3.63) is 35.6 Å². The van der Waals surface area contributed by atoms with Crippen molar-refractivity contribution in [2.75, 3.05) is 7.05 Å². The van der Waals surface area contributed by atoms with E-state index in [4.69, 9.17) is 10.2 Å². The molecule has 0 saturated carbocycles. The molecule has 2 aromatic rings. The van der Waals surface area contributed by atoms with Crippen LogP contribution in [-0.2, 0) is 13.1 Å². The average molecular weight is 190 g/mol. The van der Waals surface area contributed by atoms with Crippen molar-refractivity contribution >= 4 is 11.0 Å². The lowest BCUT2D eigenvalue weighted by Gasteiger charge is -1.95. The lowest BCUT2D eigenvalue weighted by Crippen LogP contribution is -2.03. The zero-order valence-electron chi connectivity index (χ0n) is 8.21. The second-order valence-electron chi connectivity index (χ2n) is 3.28. The van der Waals surface area contributed by atoms with Crippen molar-refractivity contribution in [2.45, 2.75) is 13.1 Å². The summed E-state index contributed by atoms with van der Waals surface area (Å²) >= 11 is 0. The Labute approximate surface area is 82.9 Å². The summed E-state index contributed by atoms with van der Waals surface area (Å²) < 4.78 is 5.63. The first-order valence-electron chi connectivity index (χ1n) is 4.70. The minimum atomic E-state index is 0.551. The summed E-state index contributed by atoms with van der Waals surface area (Å²) in [6, 6.07) is 8.01. The van der Waals surface area contributed by atoms with Gasteiger partial charge in [0.05, 0.1) is 6.54 Å². The second kappa shape index (κ2) is 3.82. The van der Waals surface area contributed by atoms with Crippen molar-refractivity contribution in [3.8, 4) is 0 Å². The van der Waals surface area contributed by atoms with Crippen molar-refractivity contribution in [2.24, 2.45) is 5.73 Å². The highest BCUT2D eigenvalue weighted by Gasteiger charge is 2.05. The summed E-state index contributed by atoms with van der Waals surface area (Å²) in [5.74, 6) is 0.948. The molecule has 0 unspecified atom stereocenters. The fraction of sp³-hybridized carbons (Fsp3) is 0.273. The van der Waals surface area contributed by atoms with Crippen LogP contribution in [0, 0.1) is 0 Å².